The van der Waals surface area contributed by atoms with Gasteiger partial charge in [-0.25, -0.2) is 4.79 Å². The quantitative estimate of drug-likeness (QED) is 0.841. The molecule has 2 amide bonds. The molecule has 2 saturated heterocycles. The Bertz CT molecular complexity index is 348. The third-order valence-corrected chi connectivity index (χ3v) is 4.34. The first-order chi connectivity index (χ1) is 9.58. The number of likely N-dealkylation sites (N-methyl/N-ethyl adjacent to an activating group) is 1. The van der Waals surface area contributed by atoms with Crippen molar-refractivity contribution in [1.29, 1.82) is 0 Å². The Hall–Kier alpha value is -1.30. The first-order valence-corrected chi connectivity index (χ1v) is 7.54. The number of carbonyl (C=O) groups excluding carboxylic acids is 1. The van der Waals surface area contributed by atoms with Crippen LogP contribution in [0.25, 0.3) is 0 Å². The van der Waals surface area contributed by atoms with Gasteiger partial charge < -0.3 is 19.8 Å². The van der Waals surface area contributed by atoms with Crippen LogP contribution in [0.3, 0.4) is 0 Å². The molecule has 0 atom stereocenters. The second-order valence-corrected chi connectivity index (χ2v) is 5.85. The van der Waals surface area contributed by atoms with E-state index in [-0.39, 0.29) is 12.6 Å². The largest absolute Gasteiger partial charge is 0.480 e. The molecule has 2 heterocycles. The number of urea groups is 1. The van der Waals surface area contributed by atoms with Gasteiger partial charge in [-0.3, -0.25) is 4.79 Å². The number of amides is 2. The number of hydrogen-bond donors (Lipinski definition) is 1. The van der Waals surface area contributed by atoms with Crippen molar-refractivity contribution >= 4 is 12.0 Å². The van der Waals surface area contributed by atoms with Crippen LogP contribution in [0.5, 0.6) is 0 Å². The summed E-state index contributed by atoms with van der Waals surface area (Å²) in [6, 6.07) is 0.439. The van der Waals surface area contributed by atoms with Crippen molar-refractivity contribution in [2.45, 2.75) is 38.1 Å². The van der Waals surface area contributed by atoms with Gasteiger partial charge in [0.25, 0.3) is 0 Å². The van der Waals surface area contributed by atoms with Crippen molar-refractivity contribution in [1.82, 2.24) is 14.7 Å². The number of rotatable bonds is 3. The molecule has 0 unspecified atom stereocenters. The molecule has 1 N–H and O–H groups in total. The Balaban J connectivity index is 1.78. The molecule has 2 aliphatic heterocycles. The van der Waals surface area contributed by atoms with Gasteiger partial charge >= 0.3 is 12.0 Å². The van der Waals surface area contributed by atoms with Crippen LogP contribution in [-0.4, -0.2) is 77.6 Å². The molecule has 0 saturated carbocycles. The van der Waals surface area contributed by atoms with Gasteiger partial charge in [-0.2, -0.15) is 0 Å². The molecule has 0 aromatic heterocycles. The van der Waals surface area contributed by atoms with E-state index in [2.05, 4.69) is 4.90 Å². The molecule has 6 nitrogen and oxygen atoms in total. The molecular formula is C14H25N3O3. The lowest BCUT2D eigenvalue weighted by atomic mass is 10.00. The van der Waals surface area contributed by atoms with Crippen LogP contribution in [0, 0.1) is 0 Å². The van der Waals surface area contributed by atoms with Crippen molar-refractivity contribution in [2.75, 3.05) is 39.8 Å². The van der Waals surface area contributed by atoms with Crippen molar-refractivity contribution in [3.63, 3.8) is 0 Å². The minimum absolute atomic E-state index is 0.163. The first kappa shape index (κ1) is 15.1. The van der Waals surface area contributed by atoms with Gasteiger partial charge in [-0.1, -0.05) is 6.42 Å². The smallest absolute Gasteiger partial charge is 0.323 e. The summed E-state index contributed by atoms with van der Waals surface area (Å²) < 4.78 is 0. The van der Waals surface area contributed by atoms with E-state index >= 15 is 0 Å². The average molecular weight is 283 g/mol. The Morgan fingerprint density at radius 1 is 1.10 bits per heavy atom. The fourth-order valence-electron chi connectivity index (χ4n) is 3.22. The molecule has 0 bridgehead atoms. The number of hydrogen-bond acceptors (Lipinski definition) is 3. The fraction of sp³-hybridized carbons (Fsp3) is 0.857. The molecule has 6 heteroatoms. The Kier molecular flexibility index (Phi) is 5.23. The topological polar surface area (TPSA) is 64.1 Å². The maximum absolute atomic E-state index is 12.1. The van der Waals surface area contributed by atoms with Crippen LogP contribution in [0.15, 0.2) is 0 Å². The molecule has 20 heavy (non-hydrogen) atoms. The third kappa shape index (κ3) is 3.85. The van der Waals surface area contributed by atoms with E-state index in [9.17, 15) is 9.59 Å². The number of nitrogens with zero attached hydrogens (tertiary/aromatic N) is 3. The highest BCUT2D eigenvalue weighted by Crippen LogP contribution is 2.21. The molecule has 0 aromatic rings. The molecule has 0 aromatic carbocycles. The molecule has 114 valence electrons. The maximum Gasteiger partial charge on any atom is 0.323 e. The normalized spacial score (nSPS) is 21.8. The summed E-state index contributed by atoms with van der Waals surface area (Å²) in [5.74, 6) is -0.968. The van der Waals surface area contributed by atoms with E-state index in [4.69, 9.17) is 5.11 Å². The van der Waals surface area contributed by atoms with E-state index in [1.165, 1.54) is 37.3 Å². The van der Waals surface area contributed by atoms with Crippen LogP contribution < -0.4 is 0 Å². The van der Waals surface area contributed by atoms with Crippen LogP contribution in [-0.2, 0) is 4.79 Å². The van der Waals surface area contributed by atoms with Crippen molar-refractivity contribution in [2.24, 2.45) is 0 Å². The highest BCUT2D eigenvalue weighted by atomic mass is 16.4. The summed E-state index contributed by atoms with van der Waals surface area (Å²) in [6.07, 6.45) is 5.94. The van der Waals surface area contributed by atoms with E-state index in [0.717, 1.165) is 25.9 Å². The SMILES string of the molecule is CN(CC(=O)O)C(=O)N1CCC(N2CCCCC2)CC1. The fourth-order valence-corrected chi connectivity index (χ4v) is 3.22. The Morgan fingerprint density at radius 2 is 1.70 bits per heavy atom. The van der Waals surface area contributed by atoms with E-state index in [1.54, 1.807) is 11.9 Å². The van der Waals surface area contributed by atoms with Crippen LogP contribution in [0.1, 0.15) is 32.1 Å². The van der Waals surface area contributed by atoms with Gasteiger partial charge in [0.1, 0.15) is 6.54 Å². The Labute approximate surface area is 120 Å². The number of carboxylic acid groups (broad SMARTS) is 1. The van der Waals surface area contributed by atoms with Crippen LogP contribution >= 0.6 is 0 Å². The third-order valence-electron chi connectivity index (χ3n) is 4.34. The predicted octanol–water partition coefficient (Wildman–Crippen LogP) is 1.07. The van der Waals surface area contributed by atoms with Gasteiger partial charge in [0.15, 0.2) is 0 Å². The van der Waals surface area contributed by atoms with Gasteiger partial charge in [-0.15, -0.1) is 0 Å². The zero-order chi connectivity index (χ0) is 14.5. The lowest BCUT2D eigenvalue weighted by molar-refractivity contribution is -0.137. The van der Waals surface area contributed by atoms with Gasteiger partial charge in [0, 0.05) is 26.2 Å². The predicted molar refractivity (Wildman–Crippen MR) is 75.7 cm³/mol. The van der Waals surface area contributed by atoms with E-state index in [1.807, 2.05) is 0 Å². The van der Waals surface area contributed by atoms with Crippen molar-refractivity contribution in [3.05, 3.63) is 0 Å². The Morgan fingerprint density at radius 3 is 2.25 bits per heavy atom. The summed E-state index contributed by atoms with van der Waals surface area (Å²) in [5.41, 5.74) is 0. The van der Waals surface area contributed by atoms with Crippen LogP contribution in [0.2, 0.25) is 0 Å². The van der Waals surface area contributed by atoms with Gasteiger partial charge in [0.2, 0.25) is 0 Å². The summed E-state index contributed by atoms with van der Waals surface area (Å²) in [7, 11) is 1.55. The lowest BCUT2D eigenvalue weighted by Gasteiger charge is -2.40. The zero-order valence-electron chi connectivity index (χ0n) is 12.3. The second kappa shape index (κ2) is 6.92. The van der Waals surface area contributed by atoms with Crippen molar-refractivity contribution in [3.8, 4) is 0 Å². The molecule has 0 spiro atoms. The maximum atomic E-state index is 12.1. The number of aliphatic carboxylic acids is 1. The molecule has 2 rings (SSSR count). The summed E-state index contributed by atoms with van der Waals surface area (Å²) in [6.45, 7) is 3.63. The summed E-state index contributed by atoms with van der Waals surface area (Å²) in [4.78, 5) is 28.4. The highest BCUT2D eigenvalue weighted by molar-refractivity contribution is 5.79. The minimum atomic E-state index is -0.968. The molecular weight excluding hydrogens is 258 g/mol. The monoisotopic (exact) mass is 283 g/mol. The van der Waals surface area contributed by atoms with Gasteiger partial charge in [0.05, 0.1) is 0 Å². The number of piperidine rings is 2. The number of carbonyl (C=O) groups is 2. The zero-order valence-corrected chi connectivity index (χ0v) is 12.3. The average Bonchev–Trinajstić information content (AvgIpc) is 2.47. The van der Waals surface area contributed by atoms with E-state index < -0.39 is 5.97 Å². The minimum Gasteiger partial charge on any atom is -0.480 e. The van der Waals surface area contributed by atoms with Crippen molar-refractivity contribution < 1.29 is 14.7 Å². The second-order valence-electron chi connectivity index (χ2n) is 5.85. The summed E-state index contributed by atoms with van der Waals surface area (Å²) >= 11 is 0. The molecule has 2 aliphatic rings. The van der Waals surface area contributed by atoms with E-state index in [0.29, 0.717) is 6.04 Å². The molecule has 0 radical (unpaired) electrons. The standard InChI is InChI=1S/C14H25N3O3/c1-15(11-13(18)19)14(20)17-9-5-12(6-10-17)16-7-3-2-4-8-16/h12H,2-11H2,1H3,(H,18,19). The molecule has 0 aliphatic carbocycles. The summed E-state index contributed by atoms with van der Waals surface area (Å²) in [5, 5.41) is 8.72. The molecule has 2 fully saturated rings. The van der Waals surface area contributed by atoms with Gasteiger partial charge in [-0.05, 0) is 38.8 Å². The highest BCUT2D eigenvalue weighted by Gasteiger charge is 2.29. The number of carboxylic acids is 1. The lowest BCUT2D eigenvalue weighted by Crippen LogP contribution is -2.51. The van der Waals surface area contributed by atoms with Crippen LogP contribution in [0.4, 0.5) is 4.79 Å². The number of likely N-dealkylation sites (tertiary alicyclic amines) is 2. The first-order valence-electron chi connectivity index (χ1n) is 7.54.